The maximum atomic E-state index is 11.7. The molecule has 0 unspecified atom stereocenters. The summed E-state index contributed by atoms with van der Waals surface area (Å²) in [5, 5.41) is 0. The predicted octanol–water partition coefficient (Wildman–Crippen LogP) is 3.29. The molecule has 0 aromatic heterocycles. The Morgan fingerprint density at radius 1 is 1.29 bits per heavy atom. The van der Waals surface area contributed by atoms with Gasteiger partial charge in [-0.05, 0) is 40.7 Å². The van der Waals surface area contributed by atoms with E-state index in [1.165, 1.54) is 7.11 Å². The Labute approximate surface area is 128 Å². The number of methoxy groups -OCH3 is 1. The Morgan fingerprint density at radius 2 is 1.81 bits per heavy atom. The molecule has 21 heavy (non-hydrogen) atoms. The number of piperidine rings is 1. The predicted molar refractivity (Wildman–Crippen MR) is 84.9 cm³/mol. The lowest BCUT2D eigenvalue weighted by atomic mass is 9.78. The van der Waals surface area contributed by atoms with Gasteiger partial charge >= 0.3 is 5.97 Å². The van der Waals surface area contributed by atoms with Gasteiger partial charge in [-0.25, -0.2) is 4.79 Å². The van der Waals surface area contributed by atoms with Crippen LogP contribution in [0.3, 0.4) is 0 Å². The third-order valence-corrected chi connectivity index (χ3v) is 4.17. The van der Waals surface area contributed by atoms with E-state index in [2.05, 4.69) is 39.2 Å². The third kappa shape index (κ3) is 4.10. The summed E-state index contributed by atoms with van der Waals surface area (Å²) in [7, 11) is 1.37. The zero-order chi connectivity index (χ0) is 16.3. The summed E-state index contributed by atoms with van der Waals surface area (Å²) in [5.41, 5.74) is -0.0366. The number of nitrogens with zero attached hydrogens (tertiary/aromatic N) is 1. The average Bonchev–Trinajstić information content (AvgIpc) is 2.38. The molecule has 0 amide bonds. The van der Waals surface area contributed by atoms with Gasteiger partial charge in [0, 0.05) is 30.5 Å². The molecule has 0 bridgehead atoms. The topological polar surface area (TPSA) is 38.8 Å². The summed E-state index contributed by atoms with van der Waals surface area (Å²) >= 11 is 0. The molecule has 1 heterocycles. The fourth-order valence-electron chi connectivity index (χ4n) is 3.45. The Morgan fingerprint density at radius 3 is 2.19 bits per heavy atom. The van der Waals surface area contributed by atoms with Gasteiger partial charge in [-0.1, -0.05) is 6.08 Å². The van der Waals surface area contributed by atoms with Crippen LogP contribution in [0, 0.1) is 0 Å². The maximum Gasteiger partial charge on any atom is 0.372 e. The van der Waals surface area contributed by atoms with E-state index in [1.807, 2.05) is 6.08 Å². The quantitative estimate of drug-likeness (QED) is 0.338. The van der Waals surface area contributed by atoms with Crippen LogP contribution in [0.1, 0.15) is 47.5 Å². The number of hydrogen-bond acceptors (Lipinski definition) is 4. The fraction of sp³-hybridized carbons (Fsp3) is 0.706. The Kier molecular flexibility index (Phi) is 5.62. The van der Waals surface area contributed by atoms with Crippen molar-refractivity contribution in [2.45, 2.75) is 64.6 Å². The van der Waals surface area contributed by atoms with Crippen LogP contribution in [-0.2, 0) is 14.3 Å². The molecular weight excluding hydrogens is 266 g/mol. The standard InChI is InChI=1S/C17H29NO3/c1-8-10-18-16(3,4)11-13(12-17(18,5)6)21-14(9-2)15(19)20-7/h8-9,13H,1,10-12H2,2-7H3. The molecule has 0 atom stereocenters. The van der Waals surface area contributed by atoms with Gasteiger partial charge in [0.05, 0.1) is 7.11 Å². The second-order valence-corrected chi connectivity index (χ2v) is 6.82. The molecule has 0 saturated carbocycles. The van der Waals surface area contributed by atoms with E-state index in [0.717, 1.165) is 19.4 Å². The molecule has 1 saturated heterocycles. The average molecular weight is 295 g/mol. The van der Waals surface area contributed by atoms with E-state index in [-0.39, 0.29) is 17.2 Å². The molecular formula is C17H29NO3. The second kappa shape index (κ2) is 6.65. The van der Waals surface area contributed by atoms with Crippen molar-refractivity contribution in [1.82, 2.24) is 4.90 Å². The normalized spacial score (nSPS) is 22.7. The van der Waals surface area contributed by atoms with Crippen LogP contribution in [0.4, 0.5) is 0 Å². The van der Waals surface area contributed by atoms with Crippen molar-refractivity contribution in [1.29, 1.82) is 0 Å². The van der Waals surface area contributed by atoms with Crippen LogP contribution in [0.5, 0.6) is 0 Å². The first kappa shape index (κ1) is 17.8. The lowest BCUT2D eigenvalue weighted by molar-refractivity contribution is -0.144. The van der Waals surface area contributed by atoms with E-state index in [0.29, 0.717) is 5.76 Å². The van der Waals surface area contributed by atoms with E-state index in [4.69, 9.17) is 9.47 Å². The largest absolute Gasteiger partial charge is 0.483 e. The minimum Gasteiger partial charge on any atom is -0.483 e. The monoisotopic (exact) mass is 295 g/mol. The number of carbonyl (C=O) groups excluding carboxylic acids is 1. The second-order valence-electron chi connectivity index (χ2n) is 6.82. The molecule has 120 valence electrons. The highest BCUT2D eigenvalue weighted by molar-refractivity contribution is 5.86. The summed E-state index contributed by atoms with van der Waals surface area (Å²) < 4.78 is 10.7. The number of ether oxygens (including phenoxy) is 2. The van der Waals surface area contributed by atoms with Crippen molar-refractivity contribution in [3.63, 3.8) is 0 Å². The molecule has 0 N–H and O–H groups in total. The van der Waals surface area contributed by atoms with Crippen molar-refractivity contribution < 1.29 is 14.3 Å². The lowest BCUT2D eigenvalue weighted by Gasteiger charge is -2.54. The molecule has 4 heteroatoms. The van der Waals surface area contributed by atoms with Gasteiger partial charge in [0.1, 0.15) is 6.10 Å². The highest BCUT2D eigenvalue weighted by Gasteiger charge is 2.45. The van der Waals surface area contributed by atoms with Gasteiger partial charge in [-0.2, -0.15) is 0 Å². The molecule has 0 aromatic carbocycles. The van der Waals surface area contributed by atoms with Crippen LogP contribution < -0.4 is 0 Å². The molecule has 1 rings (SSSR count). The van der Waals surface area contributed by atoms with Crippen molar-refractivity contribution in [2.75, 3.05) is 13.7 Å². The molecule has 1 aliphatic heterocycles. The zero-order valence-corrected chi connectivity index (χ0v) is 14.2. The van der Waals surface area contributed by atoms with Gasteiger partial charge in [0.25, 0.3) is 0 Å². The minimum absolute atomic E-state index is 0.00126. The number of hydrogen-bond donors (Lipinski definition) is 0. The Balaban J connectivity index is 2.90. The van der Waals surface area contributed by atoms with E-state index >= 15 is 0 Å². The number of likely N-dealkylation sites (tertiary alicyclic amines) is 1. The number of esters is 1. The van der Waals surface area contributed by atoms with Gasteiger partial charge < -0.3 is 9.47 Å². The van der Waals surface area contributed by atoms with Crippen molar-refractivity contribution in [3.8, 4) is 0 Å². The summed E-state index contributed by atoms with van der Waals surface area (Å²) in [6, 6.07) is 0. The van der Waals surface area contributed by atoms with E-state index < -0.39 is 5.97 Å². The smallest absolute Gasteiger partial charge is 0.372 e. The summed E-state index contributed by atoms with van der Waals surface area (Å²) in [5.74, 6) is -0.118. The highest BCUT2D eigenvalue weighted by atomic mass is 16.6. The highest BCUT2D eigenvalue weighted by Crippen LogP contribution is 2.40. The van der Waals surface area contributed by atoms with Crippen molar-refractivity contribution in [2.24, 2.45) is 0 Å². The van der Waals surface area contributed by atoms with Crippen LogP contribution >= 0.6 is 0 Å². The molecule has 4 nitrogen and oxygen atoms in total. The molecule has 0 spiro atoms. The Bertz CT molecular complexity index is 406. The number of rotatable bonds is 5. The zero-order valence-electron chi connectivity index (χ0n) is 14.2. The van der Waals surface area contributed by atoms with E-state index in [1.54, 1.807) is 13.0 Å². The van der Waals surface area contributed by atoms with Crippen molar-refractivity contribution in [3.05, 3.63) is 24.5 Å². The summed E-state index contributed by atoms with van der Waals surface area (Å²) in [6.45, 7) is 15.3. The van der Waals surface area contributed by atoms with E-state index in [9.17, 15) is 4.79 Å². The van der Waals surface area contributed by atoms with Crippen LogP contribution in [-0.4, -0.2) is 41.7 Å². The summed E-state index contributed by atoms with van der Waals surface area (Å²) in [4.78, 5) is 14.1. The first-order chi connectivity index (χ1) is 9.67. The molecule has 1 aliphatic rings. The first-order valence-corrected chi connectivity index (χ1v) is 7.48. The molecule has 0 aromatic rings. The SMILES string of the molecule is C=CCN1C(C)(C)CC(OC(=CC)C(=O)OC)CC1(C)C. The van der Waals surface area contributed by atoms with Gasteiger partial charge in [-0.15, -0.1) is 6.58 Å². The van der Waals surface area contributed by atoms with Gasteiger partial charge in [0.15, 0.2) is 0 Å². The first-order valence-electron chi connectivity index (χ1n) is 7.48. The number of allylic oxidation sites excluding steroid dienone is 1. The summed E-state index contributed by atoms with van der Waals surface area (Å²) in [6.07, 6.45) is 5.33. The lowest BCUT2D eigenvalue weighted by Crippen LogP contribution is -2.62. The third-order valence-electron chi connectivity index (χ3n) is 4.17. The minimum atomic E-state index is -0.415. The molecule has 0 radical (unpaired) electrons. The maximum absolute atomic E-state index is 11.7. The molecule has 0 aliphatic carbocycles. The molecule has 1 fully saturated rings. The van der Waals surface area contributed by atoms with Gasteiger partial charge in [-0.3, -0.25) is 4.90 Å². The van der Waals surface area contributed by atoms with Crippen LogP contribution in [0.25, 0.3) is 0 Å². The van der Waals surface area contributed by atoms with Crippen LogP contribution in [0.2, 0.25) is 0 Å². The fourth-order valence-corrected chi connectivity index (χ4v) is 3.45. The number of carbonyl (C=O) groups is 1. The Hall–Kier alpha value is -1.29. The van der Waals surface area contributed by atoms with Gasteiger partial charge in [0.2, 0.25) is 5.76 Å². The van der Waals surface area contributed by atoms with Crippen molar-refractivity contribution >= 4 is 5.97 Å². The van der Waals surface area contributed by atoms with Crippen LogP contribution in [0.15, 0.2) is 24.5 Å².